The van der Waals surface area contributed by atoms with Gasteiger partial charge in [0, 0.05) is 7.05 Å². The van der Waals surface area contributed by atoms with Gasteiger partial charge in [-0.15, -0.1) is 0 Å². The van der Waals surface area contributed by atoms with Gasteiger partial charge in [0.1, 0.15) is 23.9 Å². The van der Waals surface area contributed by atoms with Gasteiger partial charge in [-0.2, -0.15) is 4.98 Å². The Morgan fingerprint density at radius 2 is 1.87 bits per heavy atom. The van der Waals surface area contributed by atoms with Crippen molar-refractivity contribution in [3.8, 4) is 5.75 Å². The fraction of sp³-hybridized carbons (Fsp3) is 0.261. The van der Waals surface area contributed by atoms with Gasteiger partial charge in [-0.1, -0.05) is 24.3 Å². The second-order valence-corrected chi connectivity index (χ2v) is 7.59. The summed E-state index contributed by atoms with van der Waals surface area (Å²) in [6, 6.07) is 14.0. The van der Waals surface area contributed by atoms with Crippen LogP contribution in [-0.4, -0.2) is 29.5 Å². The van der Waals surface area contributed by atoms with Gasteiger partial charge in [-0.25, -0.2) is 9.37 Å². The zero-order valence-electron chi connectivity index (χ0n) is 17.6. The number of likely N-dealkylation sites (N-methyl/N-ethyl adjacent to an activating group) is 1. The van der Waals surface area contributed by atoms with Crippen LogP contribution in [-0.2, 0) is 11.4 Å². The van der Waals surface area contributed by atoms with Crippen molar-refractivity contribution in [1.29, 1.82) is 0 Å². The number of ether oxygens (including phenoxy) is 1. The van der Waals surface area contributed by atoms with E-state index in [9.17, 15) is 9.18 Å². The maximum absolute atomic E-state index is 13.0. The Morgan fingerprint density at radius 3 is 2.58 bits per heavy atom. The van der Waals surface area contributed by atoms with E-state index in [4.69, 9.17) is 4.74 Å². The maximum atomic E-state index is 13.0. The molecule has 1 aromatic heterocycles. The number of hydrogen-bond donors (Lipinski definition) is 2. The van der Waals surface area contributed by atoms with E-state index in [-0.39, 0.29) is 24.3 Å². The highest BCUT2D eigenvalue weighted by Crippen LogP contribution is 2.30. The van der Waals surface area contributed by atoms with E-state index in [1.165, 1.54) is 12.1 Å². The third-order valence-corrected chi connectivity index (χ3v) is 5.12. The Kier molecular flexibility index (Phi) is 5.70. The molecule has 2 N–H and O–H groups in total. The number of amides is 1. The van der Waals surface area contributed by atoms with Gasteiger partial charge in [0.05, 0.1) is 18.3 Å². The molecule has 4 rings (SSSR count). The van der Waals surface area contributed by atoms with E-state index in [0.29, 0.717) is 29.8 Å². The third kappa shape index (κ3) is 4.74. The molecule has 1 amide bonds. The van der Waals surface area contributed by atoms with E-state index in [1.54, 1.807) is 12.1 Å². The first-order chi connectivity index (χ1) is 14.9. The maximum Gasteiger partial charge on any atom is 0.244 e. The molecule has 1 atom stereocenters. The summed E-state index contributed by atoms with van der Waals surface area (Å²) in [4.78, 5) is 22.6. The molecule has 0 fully saturated rings. The number of rotatable bonds is 6. The molecular weight excluding hydrogens is 397 g/mol. The van der Waals surface area contributed by atoms with Gasteiger partial charge >= 0.3 is 0 Å². The molecule has 0 radical (unpaired) electrons. The predicted molar refractivity (Wildman–Crippen MR) is 118 cm³/mol. The molecule has 160 valence electrons. The van der Waals surface area contributed by atoms with Crippen molar-refractivity contribution < 1.29 is 13.9 Å². The summed E-state index contributed by atoms with van der Waals surface area (Å²) in [5.41, 5.74) is 3.32. The van der Waals surface area contributed by atoms with Crippen LogP contribution in [0.2, 0.25) is 0 Å². The number of benzene rings is 2. The topological polar surface area (TPSA) is 79.4 Å². The molecule has 2 aromatic carbocycles. The summed E-state index contributed by atoms with van der Waals surface area (Å²) >= 11 is 0. The Balaban J connectivity index is 1.41. The summed E-state index contributed by atoms with van der Waals surface area (Å²) in [6.45, 7) is 4.51. The summed E-state index contributed by atoms with van der Waals surface area (Å²) in [5, 5.41) is 6.16. The summed E-state index contributed by atoms with van der Waals surface area (Å²) in [5.74, 6) is 1.61. The lowest BCUT2D eigenvalue weighted by molar-refractivity contribution is -0.115. The molecule has 1 aliphatic rings. The van der Waals surface area contributed by atoms with Crippen molar-refractivity contribution in [3.05, 3.63) is 71.2 Å². The normalized spacial score (nSPS) is 13.9. The Labute approximate surface area is 180 Å². The monoisotopic (exact) mass is 421 g/mol. The minimum absolute atomic E-state index is 0.0351. The van der Waals surface area contributed by atoms with Gasteiger partial charge in [0.15, 0.2) is 5.82 Å². The molecule has 0 spiro atoms. The van der Waals surface area contributed by atoms with E-state index in [0.717, 1.165) is 16.9 Å². The van der Waals surface area contributed by atoms with E-state index in [1.807, 2.05) is 50.1 Å². The fourth-order valence-electron chi connectivity index (χ4n) is 3.39. The quantitative estimate of drug-likeness (QED) is 0.625. The van der Waals surface area contributed by atoms with E-state index >= 15 is 0 Å². The van der Waals surface area contributed by atoms with Gasteiger partial charge in [-0.05, 0) is 49.2 Å². The second-order valence-electron chi connectivity index (χ2n) is 7.59. The molecule has 7 nitrogen and oxygen atoms in total. The standard InChI is InChI=1S/C23H24FN5O2/c1-14(25-23-26-15(2)21-22(28-23)29(3)12-20(30)27-21)17-6-10-19(11-7-17)31-13-16-4-8-18(24)9-5-16/h4-11,14H,12-13H2,1-3H3,(H,27,30)(H,25,26,28). The molecule has 2 heterocycles. The number of halogens is 1. The lowest BCUT2D eigenvalue weighted by Crippen LogP contribution is -2.36. The number of anilines is 3. The Morgan fingerprint density at radius 1 is 1.16 bits per heavy atom. The van der Waals surface area contributed by atoms with Crippen LogP contribution in [0.3, 0.4) is 0 Å². The van der Waals surface area contributed by atoms with Crippen molar-refractivity contribution in [2.75, 3.05) is 29.1 Å². The first kappa shape index (κ1) is 20.6. The number of carbonyl (C=O) groups is 1. The van der Waals surface area contributed by atoms with Crippen LogP contribution < -0.4 is 20.3 Å². The molecule has 0 aliphatic carbocycles. The van der Waals surface area contributed by atoms with Crippen LogP contribution in [0.4, 0.5) is 21.8 Å². The number of carbonyl (C=O) groups excluding carboxylic acids is 1. The number of aromatic nitrogens is 2. The number of hydrogen-bond acceptors (Lipinski definition) is 6. The molecule has 8 heteroatoms. The van der Waals surface area contributed by atoms with Crippen LogP contribution >= 0.6 is 0 Å². The third-order valence-electron chi connectivity index (χ3n) is 5.12. The summed E-state index contributed by atoms with van der Waals surface area (Å²) in [7, 11) is 1.84. The average Bonchev–Trinajstić information content (AvgIpc) is 2.74. The fourth-order valence-corrected chi connectivity index (χ4v) is 3.39. The number of aryl methyl sites for hydroxylation is 1. The lowest BCUT2D eigenvalue weighted by Gasteiger charge is -2.27. The SMILES string of the molecule is Cc1nc(NC(C)c2ccc(OCc3ccc(F)cc3)cc2)nc2c1NC(=O)CN2C. The molecule has 1 aliphatic heterocycles. The summed E-state index contributed by atoms with van der Waals surface area (Å²) in [6.07, 6.45) is 0. The predicted octanol–water partition coefficient (Wildman–Crippen LogP) is 4.06. The van der Waals surface area contributed by atoms with Crippen LogP contribution in [0.25, 0.3) is 0 Å². The van der Waals surface area contributed by atoms with Crippen LogP contribution in [0.5, 0.6) is 5.75 Å². The molecular formula is C23H24FN5O2. The van der Waals surface area contributed by atoms with Crippen LogP contribution in [0, 0.1) is 12.7 Å². The molecule has 0 saturated carbocycles. The number of nitrogens with zero attached hydrogens (tertiary/aromatic N) is 3. The van der Waals surface area contributed by atoms with Gasteiger partial charge in [0.25, 0.3) is 0 Å². The highest BCUT2D eigenvalue weighted by molar-refractivity contribution is 6.00. The first-order valence-corrected chi connectivity index (χ1v) is 10.0. The van der Waals surface area contributed by atoms with E-state index < -0.39 is 0 Å². The number of nitrogens with one attached hydrogen (secondary N) is 2. The second kappa shape index (κ2) is 8.59. The minimum atomic E-state index is -0.260. The highest BCUT2D eigenvalue weighted by atomic mass is 19.1. The van der Waals surface area contributed by atoms with Crippen molar-refractivity contribution in [3.63, 3.8) is 0 Å². The van der Waals surface area contributed by atoms with Crippen molar-refractivity contribution >= 4 is 23.4 Å². The van der Waals surface area contributed by atoms with Gasteiger partial charge < -0.3 is 20.3 Å². The Bertz CT molecular complexity index is 1090. The van der Waals surface area contributed by atoms with Crippen molar-refractivity contribution in [1.82, 2.24) is 9.97 Å². The average molecular weight is 421 g/mol. The zero-order chi connectivity index (χ0) is 22.0. The summed E-state index contributed by atoms with van der Waals surface area (Å²) < 4.78 is 18.8. The first-order valence-electron chi connectivity index (χ1n) is 10.0. The molecule has 31 heavy (non-hydrogen) atoms. The van der Waals surface area contributed by atoms with Crippen LogP contribution in [0.1, 0.15) is 29.8 Å². The molecule has 0 saturated heterocycles. The molecule has 3 aromatic rings. The van der Waals surface area contributed by atoms with Crippen molar-refractivity contribution in [2.24, 2.45) is 0 Å². The van der Waals surface area contributed by atoms with E-state index in [2.05, 4.69) is 20.6 Å². The molecule has 1 unspecified atom stereocenters. The van der Waals surface area contributed by atoms with Crippen LogP contribution in [0.15, 0.2) is 48.5 Å². The Hall–Kier alpha value is -3.68. The van der Waals surface area contributed by atoms with Gasteiger partial charge in [0.2, 0.25) is 11.9 Å². The zero-order valence-corrected chi connectivity index (χ0v) is 17.6. The largest absolute Gasteiger partial charge is 0.489 e. The van der Waals surface area contributed by atoms with Crippen molar-refractivity contribution in [2.45, 2.75) is 26.5 Å². The lowest BCUT2D eigenvalue weighted by atomic mass is 10.1. The van der Waals surface area contributed by atoms with Gasteiger partial charge in [-0.3, -0.25) is 4.79 Å². The minimum Gasteiger partial charge on any atom is -0.489 e. The number of fused-ring (bicyclic) bond motifs is 1. The highest BCUT2D eigenvalue weighted by Gasteiger charge is 2.24. The molecule has 0 bridgehead atoms. The smallest absolute Gasteiger partial charge is 0.244 e.